The van der Waals surface area contributed by atoms with Crippen molar-refractivity contribution in [2.24, 2.45) is 5.92 Å². The zero-order chi connectivity index (χ0) is 21.9. The van der Waals surface area contributed by atoms with Crippen LogP contribution in [0.3, 0.4) is 0 Å². The van der Waals surface area contributed by atoms with Crippen molar-refractivity contribution in [2.75, 3.05) is 32.0 Å². The molecule has 1 aromatic heterocycles. The van der Waals surface area contributed by atoms with E-state index in [9.17, 15) is 21.6 Å². The number of piperidine rings is 1. The zero-order valence-corrected chi connectivity index (χ0v) is 19.3. The molecule has 0 bridgehead atoms. The third kappa shape index (κ3) is 5.09. The van der Waals surface area contributed by atoms with Crippen molar-refractivity contribution in [1.29, 1.82) is 0 Å². The minimum atomic E-state index is -3.72. The topological polar surface area (TPSA) is 104 Å². The molecule has 1 atom stereocenters. The smallest absolute Gasteiger partial charge is 0.252 e. The standard InChI is InChI=1S/C19H25N3O5S3/c1-15-5-3-11-22(13-15)29(24,25)17-9-7-16(8-10-17)20-18(23)14-21(2)30(26,27)19-6-4-12-28-19/h4,6-10,12,15H,3,5,11,13-14H2,1-2H3,(H,20,23)/t15-/m0/s1. The Labute approximate surface area is 181 Å². The van der Waals surface area contributed by atoms with Crippen LogP contribution in [0, 0.1) is 5.92 Å². The van der Waals surface area contributed by atoms with E-state index in [1.807, 2.05) is 6.92 Å². The van der Waals surface area contributed by atoms with Crippen LogP contribution >= 0.6 is 11.3 Å². The number of nitrogens with zero attached hydrogens (tertiary/aromatic N) is 2. The fraction of sp³-hybridized carbons (Fsp3) is 0.421. The van der Waals surface area contributed by atoms with Crippen LogP contribution in [0.1, 0.15) is 19.8 Å². The Balaban J connectivity index is 1.63. The van der Waals surface area contributed by atoms with E-state index in [4.69, 9.17) is 0 Å². The van der Waals surface area contributed by atoms with Gasteiger partial charge in [-0.25, -0.2) is 16.8 Å². The molecule has 2 heterocycles. The Hall–Kier alpha value is -1.79. The largest absolute Gasteiger partial charge is 0.325 e. The molecule has 1 amide bonds. The lowest BCUT2D eigenvalue weighted by molar-refractivity contribution is -0.116. The highest BCUT2D eigenvalue weighted by Gasteiger charge is 2.28. The molecule has 1 aliphatic heterocycles. The molecule has 30 heavy (non-hydrogen) atoms. The highest BCUT2D eigenvalue weighted by atomic mass is 32.2. The number of anilines is 1. The van der Waals surface area contributed by atoms with E-state index < -0.39 is 26.0 Å². The normalized spacial score (nSPS) is 18.4. The summed E-state index contributed by atoms with van der Waals surface area (Å²) in [4.78, 5) is 12.4. The third-order valence-corrected chi connectivity index (χ3v) is 9.98. The molecule has 0 radical (unpaired) electrons. The van der Waals surface area contributed by atoms with E-state index in [2.05, 4.69) is 5.32 Å². The van der Waals surface area contributed by atoms with Gasteiger partial charge in [-0.15, -0.1) is 11.3 Å². The van der Waals surface area contributed by atoms with Crippen molar-refractivity contribution < 1.29 is 21.6 Å². The van der Waals surface area contributed by atoms with E-state index in [-0.39, 0.29) is 15.6 Å². The highest BCUT2D eigenvalue weighted by Crippen LogP contribution is 2.24. The van der Waals surface area contributed by atoms with Gasteiger partial charge in [0, 0.05) is 25.8 Å². The molecule has 0 saturated carbocycles. The van der Waals surface area contributed by atoms with E-state index in [1.165, 1.54) is 41.7 Å². The highest BCUT2D eigenvalue weighted by molar-refractivity contribution is 7.91. The fourth-order valence-electron chi connectivity index (χ4n) is 3.28. The predicted octanol–water partition coefficient (Wildman–Crippen LogP) is 2.43. The molecule has 1 aliphatic rings. The van der Waals surface area contributed by atoms with Gasteiger partial charge in [-0.2, -0.15) is 8.61 Å². The molecule has 3 rings (SSSR count). The van der Waals surface area contributed by atoms with Gasteiger partial charge in [0.25, 0.3) is 10.0 Å². The summed E-state index contributed by atoms with van der Waals surface area (Å²) in [5.41, 5.74) is 0.396. The first-order valence-corrected chi connectivity index (χ1v) is 13.3. The maximum atomic E-state index is 12.8. The number of carbonyl (C=O) groups excluding carboxylic acids is 1. The molecule has 1 saturated heterocycles. The summed E-state index contributed by atoms with van der Waals surface area (Å²) < 4.78 is 53.0. The van der Waals surface area contributed by atoms with Crippen LogP contribution in [0.25, 0.3) is 0 Å². The summed E-state index contributed by atoms with van der Waals surface area (Å²) in [5, 5.41) is 4.26. The number of hydrogen-bond acceptors (Lipinski definition) is 6. The number of benzene rings is 1. The summed E-state index contributed by atoms with van der Waals surface area (Å²) >= 11 is 1.08. The second-order valence-corrected chi connectivity index (χ2v) is 12.5. The Kier molecular flexibility index (Phi) is 6.98. The molecule has 8 nitrogen and oxygen atoms in total. The van der Waals surface area contributed by atoms with Crippen molar-refractivity contribution >= 4 is 43.0 Å². The van der Waals surface area contributed by atoms with E-state index in [0.29, 0.717) is 24.7 Å². The zero-order valence-electron chi connectivity index (χ0n) is 16.8. The molecule has 0 unspecified atom stereocenters. The molecule has 2 aromatic rings. The molecule has 164 valence electrons. The number of amides is 1. The quantitative estimate of drug-likeness (QED) is 0.668. The summed E-state index contributed by atoms with van der Waals surface area (Å²) in [5.74, 6) is -0.187. The fourth-order valence-corrected chi connectivity index (χ4v) is 7.20. The van der Waals surface area contributed by atoms with Crippen molar-refractivity contribution in [3.05, 3.63) is 41.8 Å². The molecular formula is C19H25N3O5S3. The van der Waals surface area contributed by atoms with Crippen LogP contribution in [0.5, 0.6) is 0 Å². The number of likely N-dealkylation sites (N-methyl/N-ethyl adjacent to an activating group) is 1. The molecule has 11 heteroatoms. The van der Waals surface area contributed by atoms with Crippen LogP contribution < -0.4 is 5.32 Å². The molecule has 0 spiro atoms. The van der Waals surface area contributed by atoms with Crippen LogP contribution in [-0.4, -0.2) is 58.0 Å². The van der Waals surface area contributed by atoms with Gasteiger partial charge < -0.3 is 5.32 Å². The number of thiophene rings is 1. The van der Waals surface area contributed by atoms with Gasteiger partial charge in [0.05, 0.1) is 11.4 Å². The minimum absolute atomic E-state index is 0.166. The Morgan fingerprint density at radius 3 is 2.50 bits per heavy atom. The number of sulfonamides is 2. The second-order valence-electron chi connectivity index (χ2n) is 7.38. The van der Waals surface area contributed by atoms with Gasteiger partial charge in [0.15, 0.2) is 0 Å². The predicted molar refractivity (Wildman–Crippen MR) is 116 cm³/mol. The van der Waals surface area contributed by atoms with Crippen molar-refractivity contribution in [3.8, 4) is 0 Å². The number of nitrogens with one attached hydrogen (secondary N) is 1. The molecule has 1 aromatic carbocycles. The van der Waals surface area contributed by atoms with Gasteiger partial charge in [-0.1, -0.05) is 13.0 Å². The van der Waals surface area contributed by atoms with Gasteiger partial charge >= 0.3 is 0 Å². The first-order valence-electron chi connectivity index (χ1n) is 9.50. The van der Waals surface area contributed by atoms with E-state index >= 15 is 0 Å². The second kappa shape index (κ2) is 9.15. The van der Waals surface area contributed by atoms with E-state index in [0.717, 1.165) is 28.5 Å². The lowest BCUT2D eigenvalue weighted by Gasteiger charge is -2.30. The molecule has 0 aliphatic carbocycles. The van der Waals surface area contributed by atoms with Crippen LogP contribution in [0.4, 0.5) is 5.69 Å². The summed E-state index contributed by atoms with van der Waals surface area (Å²) in [6.07, 6.45) is 1.87. The summed E-state index contributed by atoms with van der Waals surface area (Å²) in [7, 11) is -5.95. The number of rotatable bonds is 7. The average Bonchev–Trinajstić information content (AvgIpc) is 3.24. The van der Waals surface area contributed by atoms with Crippen LogP contribution in [0.15, 0.2) is 50.9 Å². The maximum absolute atomic E-state index is 12.8. The number of carbonyl (C=O) groups is 1. The lowest BCUT2D eigenvalue weighted by Crippen LogP contribution is -2.39. The van der Waals surface area contributed by atoms with Gasteiger partial charge in [0.2, 0.25) is 15.9 Å². The van der Waals surface area contributed by atoms with Gasteiger partial charge in [-0.05, 0) is 54.5 Å². The molecule has 1 N–H and O–H groups in total. The van der Waals surface area contributed by atoms with E-state index in [1.54, 1.807) is 11.4 Å². The monoisotopic (exact) mass is 471 g/mol. The van der Waals surface area contributed by atoms with Crippen LogP contribution in [-0.2, 0) is 24.8 Å². The maximum Gasteiger partial charge on any atom is 0.252 e. The van der Waals surface area contributed by atoms with Gasteiger partial charge in [0.1, 0.15) is 4.21 Å². The minimum Gasteiger partial charge on any atom is -0.325 e. The average molecular weight is 472 g/mol. The third-order valence-electron chi connectivity index (χ3n) is 4.92. The lowest BCUT2D eigenvalue weighted by atomic mass is 10.0. The summed E-state index contributed by atoms with van der Waals surface area (Å²) in [6, 6.07) is 9.03. The Bertz CT molecular complexity index is 1080. The van der Waals surface area contributed by atoms with Crippen molar-refractivity contribution in [2.45, 2.75) is 28.9 Å². The molecular weight excluding hydrogens is 446 g/mol. The Morgan fingerprint density at radius 2 is 1.90 bits per heavy atom. The van der Waals surface area contributed by atoms with Crippen molar-refractivity contribution in [3.63, 3.8) is 0 Å². The van der Waals surface area contributed by atoms with Gasteiger partial charge in [-0.3, -0.25) is 4.79 Å². The van der Waals surface area contributed by atoms with Crippen LogP contribution in [0.2, 0.25) is 0 Å². The van der Waals surface area contributed by atoms with Crippen molar-refractivity contribution in [1.82, 2.24) is 8.61 Å². The first kappa shape index (κ1) is 22.9. The Morgan fingerprint density at radius 1 is 1.20 bits per heavy atom. The summed E-state index contributed by atoms with van der Waals surface area (Å²) in [6.45, 7) is 2.70. The number of hydrogen-bond donors (Lipinski definition) is 1. The molecule has 1 fully saturated rings. The SMILES string of the molecule is C[C@H]1CCCN(S(=O)(=O)c2ccc(NC(=O)CN(C)S(=O)(=O)c3cccs3)cc2)C1. The first-order chi connectivity index (χ1) is 14.1.